The lowest BCUT2D eigenvalue weighted by molar-refractivity contribution is 0.673. The van der Waals surface area contributed by atoms with E-state index in [2.05, 4.69) is 289 Å². The summed E-state index contributed by atoms with van der Waals surface area (Å²) in [5.41, 5.74) is 17.8. The average Bonchev–Trinajstić information content (AvgIpc) is 4.04. The summed E-state index contributed by atoms with van der Waals surface area (Å²) >= 11 is 0. The zero-order valence-electron chi connectivity index (χ0n) is 40.9. The van der Waals surface area contributed by atoms with E-state index in [9.17, 15) is 0 Å². The summed E-state index contributed by atoms with van der Waals surface area (Å²) in [6.07, 6.45) is 0. The lowest BCUT2D eigenvalue weighted by Gasteiger charge is -2.26. The highest BCUT2D eigenvalue weighted by molar-refractivity contribution is 6.19. The molecule has 0 saturated carbocycles. The Morgan fingerprint density at radius 1 is 0.280 bits per heavy atom. The summed E-state index contributed by atoms with van der Waals surface area (Å²) in [4.78, 5) is 2.37. The van der Waals surface area contributed by atoms with E-state index in [1.165, 1.54) is 65.4 Å². The van der Waals surface area contributed by atoms with Gasteiger partial charge in [0.05, 0.1) is 11.0 Å². The van der Waals surface area contributed by atoms with E-state index in [1.807, 2.05) is 0 Å². The molecule has 0 spiro atoms. The van der Waals surface area contributed by atoms with Crippen molar-refractivity contribution in [2.24, 2.45) is 0 Å². The normalized spacial score (nSPS) is 11.7. The first kappa shape index (κ1) is 42.7. The molecule has 350 valence electrons. The van der Waals surface area contributed by atoms with Gasteiger partial charge in [-0.1, -0.05) is 200 Å². The summed E-state index contributed by atoms with van der Waals surface area (Å²) in [5.74, 6) is 0. The zero-order chi connectivity index (χ0) is 49.4. The number of hydrogen-bond donors (Lipinski definition) is 0. The number of hydrogen-bond acceptors (Lipinski definition) is 2. The van der Waals surface area contributed by atoms with Crippen molar-refractivity contribution in [3.63, 3.8) is 0 Å². The van der Waals surface area contributed by atoms with E-state index in [-0.39, 0.29) is 0 Å². The van der Waals surface area contributed by atoms with Crippen LogP contribution < -0.4 is 4.90 Å². The largest absolute Gasteiger partial charge is 0.455 e. The molecule has 15 aromatic rings. The molecule has 3 heteroatoms. The number of aromatic nitrogens is 1. The first-order valence-electron chi connectivity index (χ1n) is 25.7. The molecule has 0 atom stereocenters. The van der Waals surface area contributed by atoms with Crippen LogP contribution in [0.25, 0.3) is 126 Å². The molecule has 0 aliphatic carbocycles. The van der Waals surface area contributed by atoms with Gasteiger partial charge >= 0.3 is 0 Å². The van der Waals surface area contributed by atoms with Gasteiger partial charge in [0.15, 0.2) is 0 Å². The number of anilines is 3. The molecule has 0 bridgehead atoms. The van der Waals surface area contributed by atoms with E-state index in [0.29, 0.717) is 0 Å². The Balaban J connectivity index is 0.806. The summed E-state index contributed by atoms with van der Waals surface area (Å²) in [5, 5.41) is 12.1. The fraction of sp³-hybridized carbons (Fsp3) is 0. The number of benzene rings is 13. The lowest BCUT2D eigenvalue weighted by Crippen LogP contribution is -2.10. The highest BCUT2D eigenvalue weighted by Crippen LogP contribution is 2.43. The molecule has 15 rings (SSSR count). The van der Waals surface area contributed by atoms with Gasteiger partial charge in [0.25, 0.3) is 0 Å². The fourth-order valence-corrected chi connectivity index (χ4v) is 11.7. The minimum absolute atomic E-state index is 0.883. The van der Waals surface area contributed by atoms with Gasteiger partial charge in [-0.25, -0.2) is 0 Å². The fourth-order valence-electron chi connectivity index (χ4n) is 11.7. The molecule has 0 saturated heterocycles. The third-order valence-electron chi connectivity index (χ3n) is 15.4. The van der Waals surface area contributed by atoms with Crippen molar-refractivity contribution in [3.8, 4) is 50.2 Å². The van der Waals surface area contributed by atoms with Crippen LogP contribution in [0.3, 0.4) is 0 Å². The molecule has 0 fully saturated rings. The second-order valence-corrected chi connectivity index (χ2v) is 19.6. The van der Waals surface area contributed by atoms with Crippen LogP contribution in [0.2, 0.25) is 0 Å². The molecule has 0 radical (unpaired) electrons. The monoisotopic (exact) mass is 954 g/mol. The Morgan fingerprint density at radius 2 is 0.773 bits per heavy atom. The maximum Gasteiger partial charge on any atom is 0.143 e. The summed E-state index contributed by atoms with van der Waals surface area (Å²) in [6.45, 7) is 0. The number of fused-ring (bicyclic) bond motifs is 11. The van der Waals surface area contributed by atoms with Crippen LogP contribution >= 0.6 is 0 Å². The van der Waals surface area contributed by atoms with Crippen molar-refractivity contribution in [2.75, 3.05) is 4.90 Å². The van der Waals surface area contributed by atoms with Gasteiger partial charge in [-0.15, -0.1) is 0 Å². The van der Waals surface area contributed by atoms with E-state index in [0.717, 1.165) is 77.9 Å². The topological polar surface area (TPSA) is 21.3 Å². The van der Waals surface area contributed by atoms with Crippen LogP contribution in [0, 0.1) is 0 Å². The van der Waals surface area contributed by atoms with E-state index in [4.69, 9.17) is 4.42 Å². The maximum atomic E-state index is 6.65. The van der Waals surface area contributed by atoms with Crippen molar-refractivity contribution in [1.82, 2.24) is 4.57 Å². The predicted octanol–water partition coefficient (Wildman–Crippen LogP) is 20.3. The number of para-hydroxylation sites is 2. The Labute approximate surface area is 434 Å². The second kappa shape index (κ2) is 17.4. The molecule has 13 aromatic carbocycles. The van der Waals surface area contributed by atoms with E-state index in [1.54, 1.807) is 0 Å². The Hall–Kier alpha value is -9.96. The molecule has 0 aliphatic heterocycles. The molecule has 0 amide bonds. The van der Waals surface area contributed by atoms with Crippen molar-refractivity contribution in [1.29, 1.82) is 0 Å². The van der Waals surface area contributed by atoms with Crippen LogP contribution in [-0.2, 0) is 0 Å². The van der Waals surface area contributed by atoms with Crippen LogP contribution in [0.1, 0.15) is 0 Å². The van der Waals surface area contributed by atoms with Gasteiger partial charge in [-0.2, -0.15) is 0 Å². The molecule has 0 unspecified atom stereocenters. The van der Waals surface area contributed by atoms with Crippen LogP contribution in [0.4, 0.5) is 17.1 Å². The highest BCUT2D eigenvalue weighted by Gasteiger charge is 2.19. The van der Waals surface area contributed by atoms with Crippen molar-refractivity contribution in [2.45, 2.75) is 0 Å². The van der Waals surface area contributed by atoms with Gasteiger partial charge < -0.3 is 13.9 Å². The smallest absolute Gasteiger partial charge is 0.143 e. The Morgan fingerprint density at radius 3 is 1.47 bits per heavy atom. The van der Waals surface area contributed by atoms with Crippen molar-refractivity contribution >= 4 is 93.1 Å². The Kier molecular flexibility index (Phi) is 9.89. The SMILES string of the molecule is c1cc(-c2cccc3oc4c5ccccc5ccc4c23)cc(N(c2ccc(-c3ccc(-c4ccc5ccc6ccccc6c5c4)cc3)cc2)c2ccc(-c3cccc(-n4c5ccccc5c5ccccc54)c3)cc2)c1. The molecule has 3 nitrogen and oxygen atoms in total. The summed E-state index contributed by atoms with van der Waals surface area (Å²) in [7, 11) is 0. The van der Waals surface area contributed by atoms with E-state index < -0.39 is 0 Å². The first-order valence-corrected chi connectivity index (χ1v) is 25.7. The number of furan rings is 1. The Bertz CT molecular complexity index is 4640. The molecule has 0 aliphatic rings. The molecule has 2 heterocycles. The van der Waals surface area contributed by atoms with Gasteiger partial charge in [0.2, 0.25) is 0 Å². The molecule has 75 heavy (non-hydrogen) atoms. The molecular weight excluding hydrogens is 909 g/mol. The third kappa shape index (κ3) is 7.20. The minimum Gasteiger partial charge on any atom is -0.455 e. The van der Waals surface area contributed by atoms with E-state index >= 15 is 0 Å². The number of nitrogens with zero attached hydrogens (tertiary/aromatic N) is 2. The summed E-state index contributed by atoms with van der Waals surface area (Å²) in [6, 6.07) is 101. The molecular formula is C72H46N2O. The van der Waals surface area contributed by atoms with Gasteiger partial charge in [-0.3, -0.25) is 0 Å². The zero-order valence-corrected chi connectivity index (χ0v) is 40.9. The lowest BCUT2D eigenvalue weighted by atomic mass is 9.96. The standard InChI is InChI=1S/C72H46N2O/c1-3-18-61-51(12-1)30-31-53-32-33-55(46-67(53)61)49-28-26-47(27-29-49)48-34-39-57(40-35-48)73(59-16-10-15-56(45-59)62-22-11-25-70-71(62)66-43-38-52-13-2-4-19-63(52)72(66)75-70)58-41-36-50(37-42-58)54-14-9-17-60(44-54)74-68-23-7-5-20-64(68)65-21-6-8-24-69(65)74/h1-46H. The first-order chi connectivity index (χ1) is 37.2. The van der Waals surface area contributed by atoms with Crippen molar-refractivity contribution in [3.05, 3.63) is 279 Å². The molecule has 0 N–H and O–H groups in total. The predicted molar refractivity (Wildman–Crippen MR) is 317 cm³/mol. The minimum atomic E-state index is 0.883. The molecule has 2 aromatic heterocycles. The summed E-state index contributed by atoms with van der Waals surface area (Å²) < 4.78 is 9.04. The number of rotatable bonds is 8. The quantitative estimate of drug-likeness (QED) is 0.142. The second-order valence-electron chi connectivity index (χ2n) is 19.6. The average molecular weight is 955 g/mol. The van der Waals surface area contributed by atoms with Crippen LogP contribution in [0.15, 0.2) is 283 Å². The van der Waals surface area contributed by atoms with Crippen LogP contribution in [0.5, 0.6) is 0 Å². The van der Waals surface area contributed by atoms with Gasteiger partial charge in [-0.05, 0) is 150 Å². The van der Waals surface area contributed by atoms with Gasteiger partial charge in [0.1, 0.15) is 11.2 Å². The third-order valence-corrected chi connectivity index (χ3v) is 15.4. The highest BCUT2D eigenvalue weighted by atomic mass is 16.3. The van der Waals surface area contributed by atoms with Crippen molar-refractivity contribution < 1.29 is 4.42 Å². The van der Waals surface area contributed by atoms with Gasteiger partial charge in [0, 0.05) is 49.7 Å². The van der Waals surface area contributed by atoms with Crippen LogP contribution in [-0.4, -0.2) is 4.57 Å². The maximum absolute atomic E-state index is 6.65.